The van der Waals surface area contributed by atoms with Crippen molar-refractivity contribution in [2.24, 2.45) is 0 Å². The van der Waals surface area contributed by atoms with Crippen LogP contribution in [0.25, 0.3) is 0 Å². The predicted octanol–water partition coefficient (Wildman–Crippen LogP) is 6.11. The van der Waals surface area contributed by atoms with Gasteiger partial charge in [0.05, 0.1) is 32.3 Å². The summed E-state index contributed by atoms with van der Waals surface area (Å²) in [5, 5.41) is 0. The zero-order chi connectivity index (χ0) is 19.7. The van der Waals surface area contributed by atoms with Gasteiger partial charge in [0, 0.05) is 6.42 Å². The van der Waals surface area contributed by atoms with E-state index in [2.05, 4.69) is 20.8 Å². The van der Waals surface area contributed by atoms with Gasteiger partial charge in [-0.25, -0.2) is 0 Å². The number of rotatable bonds is 19. The third-order valence-electron chi connectivity index (χ3n) is 5.46. The van der Waals surface area contributed by atoms with Crippen molar-refractivity contribution in [2.75, 3.05) is 32.3 Å². The Hall–Kier alpha value is 0.110. The van der Waals surface area contributed by atoms with Crippen LogP contribution in [0.4, 0.5) is 0 Å². The van der Waals surface area contributed by atoms with Gasteiger partial charge in [-0.3, -0.25) is 4.57 Å². The molecule has 0 amide bonds. The van der Waals surface area contributed by atoms with E-state index in [1.807, 2.05) is 0 Å². The first kappa shape index (κ1) is 26.1. The van der Waals surface area contributed by atoms with Crippen molar-refractivity contribution in [3.8, 4) is 0 Å². The number of unbranched alkanes of at least 4 members (excludes halogenated alkanes) is 9. The zero-order valence-electron chi connectivity index (χ0n) is 17.9. The van der Waals surface area contributed by atoms with Gasteiger partial charge in [0.2, 0.25) is 0 Å². The monoisotopic (exact) mass is 392 g/mol. The third kappa shape index (κ3) is 15.2. The standard InChI is InChI=1S/C21H46NO3P/c1-4-7-8-9-10-11-12-13-14-15-19-22(17-5-2,18-6-3)20-16-21-26(23,24)25/h4-21H2,1-3H3,(H-,23,24,25)/p+1. The lowest BCUT2D eigenvalue weighted by molar-refractivity contribution is -0.928. The topological polar surface area (TPSA) is 57.5 Å². The maximum Gasteiger partial charge on any atom is 0.325 e. The highest BCUT2D eigenvalue weighted by Crippen LogP contribution is 2.35. The second-order valence-electron chi connectivity index (χ2n) is 8.16. The maximum absolute atomic E-state index is 11.2. The molecule has 0 aromatic heterocycles. The van der Waals surface area contributed by atoms with Crippen molar-refractivity contribution < 1.29 is 18.8 Å². The summed E-state index contributed by atoms with van der Waals surface area (Å²) in [5.74, 6) is 0. The molecule has 158 valence electrons. The molecule has 2 N–H and O–H groups in total. The molecule has 0 aliphatic carbocycles. The van der Waals surface area contributed by atoms with Gasteiger partial charge in [0.15, 0.2) is 0 Å². The number of hydrogen-bond acceptors (Lipinski definition) is 1. The lowest BCUT2D eigenvalue weighted by Gasteiger charge is -2.39. The molecule has 0 aromatic carbocycles. The Balaban J connectivity index is 4.08. The quantitative estimate of drug-likeness (QED) is 0.158. The average molecular weight is 393 g/mol. The second kappa shape index (κ2) is 16.1. The molecule has 0 heterocycles. The summed E-state index contributed by atoms with van der Waals surface area (Å²) in [6, 6.07) is 0. The van der Waals surface area contributed by atoms with Crippen LogP contribution >= 0.6 is 7.60 Å². The molecule has 0 saturated carbocycles. The Labute approximate surface area is 163 Å². The van der Waals surface area contributed by atoms with Crippen LogP contribution in [-0.4, -0.2) is 46.6 Å². The smallest absolute Gasteiger partial charge is 0.324 e. The predicted molar refractivity (Wildman–Crippen MR) is 114 cm³/mol. The summed E-state index contributed by atoms with van der Waals surface area (Å²) in [5.41, 5.74) is 0. The van der Waals surface area contributed by atoms with Gasteiger partial charge in [-0.2, -0.15) is 0 Å². The minimum atomic E-state index is -3.85. The molecule has 0 fully saturated rings. The highest BCUT2D eigenvalue weighted by Gasteiger charge is 2.26. The SMILES string of the molecule is CCCCCCCCCCCC[N+](CCC)(CCC)CCCP(=O)(O)O. The van der Waals surface area contributed by atoms with Crippen LogP contribution in [0.5, 0.6) is 0 Å². The molecule has 5 heteroatoms. The van der Waals surface area contributed by atoms with Gasteiger partial charge in [-0.05, 0) is 25.7 Å². The number of hydrogen-bond donors (Lipinski definition) is 2. The van der Waals surface area contributed by atoms with Gasteiger partial charge in [-0.15, -0.1) is 0 Å². The van der Waals surface area contributed by atoms with E-state index >= 15 is 0 Å². The molecule has 0 spiro atoms. The largest absolute Gasteiger partial charge is 0.325 e. The molecular weight excluding hydrogens is 345 g/mol. The summed E-state index contributed by atoms with van der Waals surface area (Å²) in [4.78, 5) is 18.3. The van der Waals surface area contributed by atoms with Gasteiger partial charge in [0.1, 0.15) is 0 Å². The minimum absolute atomic E-state index is 0.0401. The summed E-state index contributed by atoms with van der Waals surface area (Å²) in [6.45, 7) is 11.1. The van der Waals surface area contributed by atoms with E-state index in [0.717, 1.165) is 37.0 Å². The van der Waals surface area contributed by atoms with E-state index in [1.54, 1.807) is 0 Å². The first-order valence-corrected chi connectivity index (χ1v) is 13.1. The van der Waals surface area contributed by atoms with E-state index in [9.17, 15) is 4.57 Å². The molecule has 0 aliphatic heterocycles. The molecule has 0 saturated heterocycles. The van der Waals surface area contributed by atoms with Gasteiger partial charge in [0.25, 0.3) is 0 Å². The minimum Gasteiger partial charge on any atom is -0.324 e. The van der Waals surface area contributed by atoms with E-state index in [4.69, 9.17) is 9.79 Å². The molecule has 0 radical (unpaired) electrons. The van der Waals surface area contributed by atoms with Gasteiger partial charge >= 0.3 is 7.60 Å². The lowest BCUT2D eigenvalue weighted by Crippen LogP contribution is -2.50. The van der Waals surface area contributed by atoms with Gasteiger partial charge < -0.3 is 14.3 Å². The Kier molecular flexibility index (Phi) is 16.2. The number of quaternary nitrogens is 1. The molecule has 0 atom stereocenters. The number of nitrogens with zero attached hydrogens (tertiary/aromatic N) is 1. The lowest BCUT2D eigenvalue weighted by atomic mass is 10.1. The Bertz CT molecular complexity index is 351. The molecular formula is C21H47NO3P+. The highest BCUT2D eigenvalue weighted by molar-refractivity contribution is 7.51. The van der Waals surface area contributed by atoms with Crippen LogP contribution < -0.4 is 0 Å². The molecule has 0 aliphatic rings. The van der Waals surface area contributed by atoms with Crippen LogP contribution in [-0.2, 0) is 4.57 Å². The summed E-state index contributed by atoms with van der Waals surface area (Å²) >= 11 is 0. The van der Waals surface area contributed by atoms with Crippen LogP contribution in [0.2, 0.25) is 0 Å². The van der Waals surface area contributed by atoms with Crippen LogP contribution in [0, 0.1) is 0 Å². The highest BCUT2D eigenvalue weighted by atomic mass is 31.2. The fourth-order valence-electron chi connectivity index (χ4n) is 4.17. The maximum atomic E-state index is 11.2. The molecule has 26 heavy (non-hydrogen) atoms. The second-order valence-corrected chi connectivity index (χ2v) is 9.94. The fraction of sp³-hybridized carbons (Fsp3) is 1.00. The van der Waals surface area contributed by atoms with Crippen LogP contribution in [0.3, 0.4) is 0 Å². The van der Waals surface area contributed by atoms with Crippen molar-refractivity contribution in [3.63, 3.8) is 0 Å². The molecule has 0 rings (SSSR count). The zero-order valence-corrected chi connectivity index (χ0v) is 18.8. The molecule has 0 aromatic rings. The van der Waals surface area contributed by atoms with Gasteiger partial charge in [-0.1, -0.05) is 72.1 Å². The third-order valence-corrected chi connectivity index (χ3v) is 6.36. The Morgan fingerprint density at radius 2 is 1.00 bits per heavy atom. The van der Waals surface area contributed by atoms with Crippen molar-refractivity contribution >= 4 is 7.60 Å². The fourth-order valence-corrected chi connectivity index (χ4v) is 4.72. The van der Waals surface area contributed by atoms with Crippen molar-refractivity contribution in [1.82, 2.24) is 0 Å². The molecule has 0 unspecified atom stereocenters. The van der Waals surface area contributed by atoms with Crippen molar-refractivity contribution in [1.29, 1.82) is 0 Å². The van der Waals surface area contributed by atoms with Crippen LogP contribution in [0.15, 0.2) is 0 Å². The van der Waals surface area contributed by atoms with E-state index in [0.29, 0.717) is 6.42 Å². The first-order valence-electron chi connectivity index (χ1n) is 11.3. The molecule has 0 bridgehead atoms. The normalized spacial score (nSPS) is 12.7. The van der Waals surface area contributed by atoms with Crippen LogP contribution in [0.1, 0.15) is 104 Å². The van der Waals surface area contributed by atoms with Crippen molar-refractivity contribution in [3.05, 3.63) is 0 Å². The first-order chi connectivity index (χ1) is 12.4. The molecule has 4 nitrogen and oxygen atoms in total. The van der Waals surface area contributed by atoms with E-state index in [-0.39, 0.29) is 6.16 Å². The summed E-state index contributed by atoms with van der Waals surface area (Å²) in [7, 11) is -3.85. The average Bonchev–Trinajstić information content (AvgIpc) is 2.56. The van der Waals surface area contributed by atoms with E-state index in [1.165, 1.54) is 70.8 Å². The summed E-state index contributed by atoms with van der Waals surface area (Å²) in [6.07, 6.45) is 16.5. The van der Waals surface area contributed by atoms with Crippen molar-refractivity contribution in [2.45, 2.75) is 104 Å². The van der Waals surface area contributed by atoms with E-state index < -0.39 is 7.60 Å². The Morgan fingerprint density at radius 3 is 1.42 bits per heavy atom. The Morgan fingerprint density at radius 1 is 0.577 bits per heavy atom. The summed E-state index contributed by atoms with van der Waals surface area (Å²) < 4.78 is 12.2.